The number of hydrogen-bond donors (Lipinski definition) is 2. The minimum absolute atomic E-state index is 0.0913. The first-order valence-electron chi connectivity index (χ1n) is 8.83. The molecule has 8 heteroatoms. The van der Waals surface area contributed by atoms with E-state index >= 15 is 0 Å². The molecule has 138 valence electrons. The molecule has 1 aliphatic carbocycles. The lowest BCUT2D eigenvalue weighted by atomic mass is 10.0. The smallest absolute Gasteiger partial charge is 0.177 e. The lowest BCUT2D eigenvalue weighted by Gasteiger charge is -2.26. The Labute approximate surface area is 160 Å². The van der Waals surface area contributed by atoms with Crippen LogP contribution in [0.2, 0.25) is 0 Å². The number of hydrazone groups is 1. The van der Waals surface area contributed by atoms with Gasteiger partial charge in [-0.15, -0.1) is 0 Å². The Morgan fingerprint density at radius 3 is 2.85 bits per heavy atom. The normalized spacial score (nSPS) is 27.1. The fraction of sp³-hybridized carbons (Fsp3) is 0.500. The van der Waals surface area contributed by atoms with Crippen molar-refractivity contribution in [3.8, 4) is 5.75 Å². The second kappa shape index (κ2) is 6.66. The lowest BCUT2D eigenvalue weighted by molar-refractivity contribution is -0.113. The zero-order valence-electron chi connectivity index (χ0n) is 14.3. The predicted molar refractivity (Wildman–Crippen MR) is 101 cm³/mol. The molecule has 4 rings (SSSR count). The molecule has 2 atom stereocenters. The molecule has 3 aliphatic rings. The molecule has 7 nitrogen and oxygen atoms in total. The number of halogens is 1. The maximum Gasteiger partial charge on any atom is 0.177 e. The van der Waals surface area contributed by atoms with Crippen molar-refractivity contribution >= 4 is 40.0 Å². The average Bonchev–Trinajstić information content (AvgIpc) is 3.12. The highest BCUT2D eigenvalue weighted by molar-refractivity contribution is 9.10. The first-order chi connectivity index (χ1) is 12.6. The fourth-order valence-electron chi connectivity index (χ4n) is 3.94. The summed E-state index contributed by atoms with van der Waals surface area (Å²) >= 11 is 3.33. The zero-order valence-corrected chi connectivity index (χ0v) is 15.9. The molecule has 26 heavy (non-hydrogen) atoms. The van der Waals surface area contributed by atoms with Crippen LogP contribution in [0, 0.1) is 5.92 Å². The van der Waals surface area contributed by atoms with Gasteiger partial charge in [-0.25, -0.2) is 0 Å². The Bertz CT molecular complexity index is 765. The van der Waals surface area contributed by atoms with Crippen LogP contribution in [-0.2, 0) is 9.59 Å². The quantitative estimate of drug-likeness (QED) is 0.683. The van der Waals surface area contributed by atoms with E-state index in [4.69, 9.17) is 0 Å². The van der Waals surface area contributed by atoms with Gasteiger partial charge in [0, 0.05) is 17.4 Å². The lowest BCUT2D eigenvalue weighted by Crippen LogP contribution is -2.42. The van der Waals surface area contributed by atoms with Gasteiger partial charge in [0.05, 0.1) is 11.2 Å². The van der Waals surface area contributed by atoms with E-state index in [1.54, 1.807) is 17.0 Å². The number of hydrogen-bond acceptors (Lipinski definition) is 7. The van der Waals surface area contributed by atoms with Crippen molar-refractivity contribution in [3.63, 3.8) is 0 Å². The van der Waals surface area contributed by atoms with Crippen molar-refractivity contribution in [1.29, 1.82) is 0 Å². The molecule has 0 radical (unpaired) electrons. The third kappa shape index (κ3) is 3.01. The molecule has 0 aromatic heterocycles. The summed E-state index contributed by atoms with van der Waals surface area (Å²) in [6.07, 6.45) is 4.86. The number of phenols is 1. The summed E-state index contributed by atoms with van der Waals surface area (Å²) < 4.78 is 0.766. The molecule has 0 amide bonds. The Morgan fingerprint density at radius 1 is 1.38 bits per heavy atom. The highest BCUT2D eigenvalue weighted by Crippen LogP contribution is 2.43. The number of benzene rings is 1. The van der Waals surface area contributed by atoms with Crippen LogP contribution in [0.4, 0.5) is 5.69 Å². The molecule has 1 saturated carbocycles. The van der Waals surface area contributed by atoms with E-state index in [-0.39, 0.29) is 11.3 Å². The number of nitrogens with zero attached hydrogens (tertiary/aromatic N) is 3. The van der Waals surface area contributed by atoms with Gasteiger partial charge >= 0.3 is 0 Å². The van der Waals surface area contributed by atoms with Gasteiger partial charge in [-0.05, 0) is 49.9 Å². The van der Waals surface area contributed by atoms with Crippen molar-refractivity contribution in [2.24, 2.45) is 11.0 Å². The van der Waals surface area contributed by atoms with Gasteiger partial charge in [0.15, 0.2) is 12.5 Å². The molecule has 0 bridgehead atoms. The number of carbonyl (C=O) groups excluding carboxylic acids is 2. The van der Waals surface area contributed by atoms with E-state index in [2.05, 4.69) is 31.4 Å². The number of nitrogens with one attached hydrogen (secondary N) is 1. The number of aromatic hydroxyl groups is 1. The van der Waals surface area contributed by atoms with Crippen LogP contribution in [0.3, 0.4) is 0 Å². The summed E-state index contributed by atoms with van der Waals surface area (Å²) in [6, 6.07) is 5.20. The Morgan fingerprint density at radius 2 is 2.19 bits per heavy atom. The largest absolute Gasteiger partial charge is 0.506 e. The topological polar surface area (TPSA) is 85.2 Å². The monoisotopic (exact) mass is 420 g/mol. The SMILES string of the molecule is O=CC1NN=C(C[C@@H]2CCN(C3(C=O)CC3)C2)N1c1ccc(Br)cc1O. The second-order valence-electron chi connectivity index (χ2n) is 7.27. The summed E-state index contributed by atoms with van der Waals surface area (Å²) in [5, 5.41) is 14.7. The Balaban J connectivity index is 1.50. The van der Waals surface area contributed by atoms with Crippen molar-refractivity contribution in [2.75, 3.05) is 18.0 Å². The maximum atomic E-state index is 11.5. The molecule has 1 aromatic rings. The third-order valence-electron chi connectivity index (χ3n) is 5.58. The number of rotatable bonds is 6. The van der Waals surface area contributed by atoms with Crippen LogP contribution in [0.5, 0.6) is 5.75 Å². The first-order valence-corrected chi connectivity index (χ1v) is 9.62. The second-order valence-corrected chi connectivity index (χ2v) is 8.18. The minimum Gasteiger partial charge on any atom is -0.506 e. The highest BCUT2D eigenvalue weighted by Gasteiger charge is 2.50. The van der Waals surface area contributed by atoms with Crippen LogP contribution < -0.4 is 10.3 Å². The summed E-state index contributed by atoms with van der Waals surface area (Å²) in [5.41, 5.74) is 3.17. The van der Waals surface area contributed by atoms with Crippen LogP contribution in [-0.4, -0.2) is 53.2 Å². The molecule has 1 aromatic carbocycles. The number of likely N-dealkylation sites (tertiary alicyclic amines) is 1. The van der Waals surface area contributed by atoms with Gasteiger partial charge in [0.1, 0.15) is 17.9 Å². The molecule has 2 aliphatic heterocycles. The van der Waals surface area contributed by atoms with Crippen molar-refractivity contribution in [1.82, 2.24) is 10.3 Å². The van der Waals surface area contributed by atoms with E-state index in [0.717, 1.165) is 55.2 Å². The highest BCUT2D eigenvalue weighted by atomic mass is 79.9. The van der Waals surface area contributed by atoms with Gasteiger partial charge < -0.3 is 9.90 Å². The number of carbonyl (C=O) groups is 2. The van der Waals surface area contributed by atoms with E-state index in [1.807, 2.05) is 6.07 Å². The Hall–Kier alpha value is -1.93. The number of aldehydes is 2. The van der Waals surface area contributed by atoms with Crippen molar-refractivity contribution in [3.05, 3.63) is 22.7 Å². The Kier molecular flexibility index (Phi) is 4.48. The number of anilines is 1. The van der Waals surface area contributed by atoms with Gasteiger partial charge in [0.2, 0.25) is 0 Å². The first kappa shape index (κ1) is 17.5. The van der Waals surface area contributed by atoms with Gasteiger partial charge in [-0.2, -0.15) is 5.10 Å². The van der Waals surface area contributed by atoms with Gasteiger partial charge in [0.25, 0.3) is 0 Å². The van der Waals surface area contributed by atoms with E-state index < -0.39 is 6.17 Å². The van der Waals surface area contributed by atoms with Crippen molar-refractivity contribution in [2.45, 2.75) is 37.4 Å². The van der Waals surface area contributed by atoms with Crippen LogP contribution in [0.25, 0.3) is 0 Å². The fourth-order valence-corrected chi connectivity index (χ4v) is 4.28. The number of amidine groups is 1. The third-order valence-corrected chi connectivity index (χ3v) is 6.07. The molecular formula is C18H21BrN4O3. The van der Waals surface area contributed by atoms with E-state index in [1.165, 1.54) is 0 Å². The van der Waals surface area contributed by atoms with Crippen LogP contribution >= 0.6 is 15.9 Å². The summed E-state index contributed by atoms with van der Waals surface area (Å²) in [7, 11) is 0. The molecule has 2 heterocycles. The summed E-state index contributed by atoms with van der Waals surface area (Å²) in [6.45, 7) is 1.79. The zero-order chi connectivity index (χ0) is 18.3. The number of phenolic OH excluding ortho intramolecular Hbond substituents is 1. The van der Waals surface area contributed by atoms with Crippen molar-refractivity contribution < 1.29 is 14.7 Å². The van der Waals surface area contributed by atoms with E-state index in [0.29, 0.717) is 18.0 Å². The molecule has 2 N–H and O–H groups in total. The maximum absolute atomic E-state index is 11.5. The molecule has 1 saturated heterocycles. The predicted octanol–water partition coefficient (Wildman–Crippen LogP) is 1.85. The summed E-state index contributed by atoms with van der Waals surface area (Å²) in [4.78, 5) is 26.9. The summed E-state index contributed by atoms with van der Waals surface area (Å²) in [5.74, 6) is 1.20. The average molecular weight is 421 g/mol. The molecule has 1 unspecified atom stereocenters. The van der Waals surface area contributed by atoms with E-state index in [9.17, 15) is 14.7 Å². The van der Waals surface area contributed by atoms with Crippen LogP contribution in [0.1, 0.15) is 25.7 Å². The van der Waals surface area contributed by atoms with Gasteiger partial charge in [-0.3, -0.25) is 20.0 Å². The molecule has 2 fully saturated rings. The minimum atomic E-state index is -0.626. The van der Waals surface area contributed by atoms with Gasteiger partial charge in [-0.1, -0.05) is 15.9 Å². The van der Waals surface area contributed by atoms with Crippen LogP contribution in [0.15, 0.2) is 27.8 Å². The molecule has 0 spiro atoms. The molecular weight excluding hydrogens is 400 g/mol. The standard InChI is InChI=1S/C18H21BrN4O3/c19-13-1-2-14(15(26)8-13)23-16(20-21-17(23)10-24)7-12-3-6-22(9-12)18(11-25)4-5-18/h1-2,8,10-12,17,21,26H,3-7,9H2/t12-,17?/m0/s1.